The maximum Gasteiger partial charge on any atom is 0.224 e. The number of hydrogen-bond donors (Lipinski definition) is 1. The minimum Gasteiger partial charge on any atom is -0.497 e. The SMILES string of the molecule is COc1cc(CCC(=O)Nc2cccc(Cl)c2OC)cc(OC)c1. The molecule has 5 nitrogen and oxygen atoms in total. The van der Waals surface area contributed by atoms with Crippen molar-refractivity contribution in [2.24, 2.45) is 0 Å². The molecule has 2 aromatic rings. The fourth-order valence-electron chi connectivity index (χ4n) is 2.30. The summed E-state index contributed by atoms with van der Waals surface area (Å²) in [5, 5.41) is 3.27. The van der Waals surface area contributed by atoms with Crippen molar-refractivity contribution < 1.29 is 19.0 Å². The van der Waals surface area contributed by atoms with Crippen molar-refractivity contribution in [3.63, 3.8) is 0 Å². The van der Waals surface area contributed by atoms with Gasteiger partial charge >= 0.3 is 0 Å². The van der Waals surface area contributed by atoms with Crippen LogP contribution >= 0.6 is 11.6 Å². The first-order chi connectivity index (χ1) is 11.6. The summed E-state index contributed by atoms with van der Waals surface area (Å²) in [6.07, 6.45) is 0.869. The summed E-state index contributed by atoms with van der Waals surface area (Å²) >= 11 is 6.05. The van der Waals surface area contributed by atoms with Gasteiger partial charge in [-0.05, 0) is 36.2 Å². The van der Waals surface area contributed by atoms with Crippen LogP contribution in [0.5, 0.6) is 17.2 Å². The van der Waals surface area contributed by atoms with Crippen LogP contribution in [0.3, 0.4) is 0 Å². The highest BCUT2D eigenvalue weighted by molar-refractivity contribution is 6.32. The van der Waals surface area contributed by atoms with E-state index in [-0.39, 0.29) is 5.91 Å². The molecule has 0 fully saturated rings. The van der Waals surface area contributed by atoms with Crippen LogP contribution in [-0.2, 0) is 11.2 Å². The van der Waals surface area contributed by atoms with Gasteiger partial charge in [0.15, 0.2) is 5.75 Å². The molecule has 0 aliphatic heterocycles. The summed E-state index contributed by atoms with van der Waals surface area (Å²) in [4.78, 5) is 12.2. The van der Waals surface area contributed by atoms with Crippen LogP contribution in [0.2, 0.25) is 5.02 Å². The van der Waals surface area contributed by atoms with Crippen LogP contribution in [0.25, 0.3) is 0 Å². The van der Waals surface area contributed by atoms with E-state index in [0.29, 0.717) is 40.8 Å². The Balaban J connectivity index is 2.03. The van der Waals surface area contributed by atoms with Crippen molar-refractivity contribution in [3.05, 3.63) is 47.0 Å². The fraction of sp³-hybridized carbons (Fsp3) is 0.278. The zero-order chi connectivity index (χ0) is 17.5. The van der Waals surface area contributed by atoms with Gasteiger partial charge in [-0.1, -0.05) is 17.7 Å². The number of halogens is 1. The molecule has 6 heteroatoms. The van der Waals surface area contributed by atoms with E-state index < -0.39 is 0 Å². The molecule has 24 heavy (non-hydrogen) atoms. The number of amides is 1. The normalized spacial score (nSPS) is 10.2. The average molecular weight is 350 g/mol. The molecule has 0 saturated heterocycles. The lowest BCUT2D eigenvalue weighted by atomic mass is 10.1. The number of rotatable bonds is 7. The molecule has 0 aromatic heterocycles. The number of ether oxygens (including phenoxy) is 3. The second kappa shape index (κ2) is 8.45. The Kier molecular flexibility index (Phi) is 6.32. The Morgan fingerprint density at radius 3 is 2.29 bits per heavy atom. The van der Waals surface area contributed by atoms with E-state index in [2.05, 4.69) is 5.32 Å². The van der Waals surface area contributed by atoms with Crippen LogP contribution in [0.15, 0.2) is 36.4 Å². The van der Waals surface area contributed by atoms with Gasteiger partial charge in [0.2, 0.25) is 5.91 Å². The highest BCUT2D eigenvalue weighted by Crippen LogP contribution is 2.32. The second-order valence-corrected chi connectivity index (χ2v) is 5.50. The molecule has 128 valence electrons. The Morgan fingerprint density at radius 1 is 1.04 bits per heavy atom. The molecule has 0 heterocycles. The maximum absolute atomic E-state index is 12.2. The number of carbonyl (C=O) groups excluding carboxylic acids is 1. The van der Waals surface area contributed by atoms with E-state index in [1.54, 1.807) is 38.5 Å². The van der Waals surface area contributed by atoms with Crippen molar-refractivity contribution in [3.8, 4) is 17.2 Å². The molecule has 0 bridgehead atoms. The molecular weight excluding hydrogens is 330 g/mol. The fourth-order valence-corrected chi connectivity index (χ4v) is 2.55. The van der Waals surface area contributed by atoms with Gasteiger partial charge in [0.1, 0.15) is 11.5 Å². The topological polar surface area (TPSA) is 56.8 Å². The van der Waals surface area contributed by atoms with E-state index in [1.165, 1.54) is 7.11 Å². The number of para-hydroxylation sites is 1. The van der Waals surface area contributed by atoms with E-state index in [9.17, 15) is 4.79 Å². The molecule has 2 rings (SSSR count). The van der Waals surface area contributed by atoms with Crippen LogP contribution in [0, 0.1) is 0 Å². The standard InChI is InChI=1S/C18H20ClNO4/c1-22-13-9-12(10-14(11-13)23-2)7-8-17(21)20-16-6-4-5-15(19)18(16)24-3/h4-6,9-11H,7-8H2,1-3H3,(H,20,21). The predicted molar refractivity (Wildman–Crippen MR) is 94.5 cm³/mol. The zero-order valence-corrected chi connectivity index (χ0v) is 14.6. The number of nitrogens with one attached hydrogen (secondary N) is 1. The van der Waals surface area contributed by atoms with Gasteiger partial charge in [0.25, 0.3) is 0 Å². The summed E-state index contributed by atoms with van der Waals surface area (Å²) < 4.78 is 15.7. The third-order valence-corrected chi connectivity index (χ3v) is 3.79. The second-order valence-electron chi connectivity index (χ2n) is 5.09. The number of benzene rings is 2. The minimum atomic E-state index is -0.127. The molecule has 0 radical (unpaired) electrons. The van der Waals surface area contributed by atoms with Crippen molar-refractivity contribution in [2.45, 2.75) is 12.8 Å². The first-order valence-electron chi connectivity index (χ1n) is 7.41. The lowest BCUT2D eigenvalue weighted by molar-refractivity contribution is -0.116. The first-order valence-corrected chi connectivity index (χ1v) is 7.79. The van der Waals surface area contributed by atoms with Gasteiger partial charge in [-0.25, -0.2) is 0 Å². The molecule has 0 aliphatic carbocycles. The largest absolute Gasteiger partial charge is 0.497 e. The number of methoxy groups -OCH3 is 3. The van der Waals surface area contributed by atoms with Crippen molar-refractivity contribution >= 4 is 23.2 Å². The van der Waals surface area contributed by atoms with Gasteiger partial charge in [-0.3, -0.25) is 4.79 Å². The third kappa shape index (κ3) is 4.55. The number of hydrogen-bond acceptors (Lipinski definition) is 4. The summed E-state index contributed by atoms with van der Waals surface area (Å²) in [6, 6.07) is 10.8. The van der Waals surface area contributed by atoms with Gasteiger partial charge in [-0.2, -0.15) is 0 Å². The van der Waals surface area contributed by atoms with Crippen molar-refractivity contribution in [1.82, 2.24) is 0 Å². The number of anilines is 1. The molecule has 0 unspecified atom stereocenters. The molecule has 0 aliphatic rings. The smallest absolute Gasteiger partial charge is 0.224 e. The van der Waals surface area contributed by atoms with Gasteiger partial charge in [-0.15, -0.1) is 0 Å². The average Bonchev–Trinajstić information content (AvgIpc) is 2.59. The molecule has 0 atom stereocenters. The molecule has 0 saturated carbocycles. The molecule has 1 N–H and O–H groups in total. The summed E-state index contributed by atoms with van der Waals surface area (Å²) in [6.45, 7) is 0. The van der Waals surface area contributed by atoms with Gasteiger partial charge < -0.3 is 19.5 Å². The van der Waals surface area contributed by atoms with Crippen LogP contribution in [0.4, 0.5) is 5.69 Å². The van der Waals surface area contributed by atoms with E-state index >= 15 is 0 Å². The minimum absolute atomic E-state index is 0.127. The maximum atomic E-state index is 12.2. The first kappa shape index (κ1) is 17.9. The van der Waals surface area contributed by atoms with E-state index in [4.69, 9.17) is 25.8 Å². The monoisotopic (exact) mass is 349 g/mol. The number of aryl methyl sites for hydroxylation is 1. The lowest BCUT2D eigenvalue weighted by Crippen LogP contribution is -2.13. The van der Waals surface area contributed by atoms with E-state index in [0.717, 1.165) is 5.56 Å². The van der Waals surface area contributed by atoms with Crippen molar-refractivity contribution in [1.29, 1.82) is 0 Å². The van der Waals surface area contributed by atoms with Crippen LogP contribution in [-0.4, -0.2) is 27.2 Å². The van der Waals surface area contributed by atoms with Crippen molar-refractivity contribution in [2.75, 3.05) is 26.6 Å². The molecule has 1 amide bonds. The molecule has 0 spiro atoms. The Bertz CT molecular complexity index is 696. The predicted octanol–water partition coefficient (Wildman–Crippen LogP) is 3.94. The Hall–Kier alpha value is -2.40. The summed E-state index contributed by atoms with van der Waals surface area (Å²) in [7, 11) is 4.70. The molecular formula is C18H20ClNO4. The quantitative estimate of drug-likeness (QED) is 0.822. The lowest BCUT2D eigenvalue weighted by Gasteiger charge is -2.12. The van der Waals surface area contributed by atoms with Gasteiger partial charge in [0.05, 0.1) is 32.0 Å². The zero-order valence-electron chi connectivity index (χ0n) is 13.9. The van der Waals surface area contributed by atoms with Crippen LogP contribution in [0.1, 0.15) is 12.0 Å². The summed E-state index contributed by atoms with van der Waals surface area (Å²) in [5.41, 5.74) is 1.51. The van der Waals surface area contributed by atoms with Gasteiger partial charge in [0, 0.05) is 12.5 Å². The Morgan fingerprint density at radius 2 is 1.71 bits per heavy atom. The van der Waals surface area contributed by atoms with Crippen LogP contribution < -0.4 is 19.5 Å². The highest BCUT2D eigenvalue weighted by atomic mass is 35.5. The van der Waals surface area contributed by atoms with E-state index in [1.807, 2.05) is 12.1 Å². The highest BCUT2D eigenvalue weighted by Gasteiger charge is 2.11. The summed E-state index contributed by atoms with van der Waals surface area (Å²) in [5.74, 6) is 1.72. The third-order valence-electron chi connectivity index (χ3n) is 3.50. The number of carbonyl (C=O) groups is 1. The molecule has 2 aromatic carbocycles. The Labute approximate surface area is 146 Å².